The lowest BCUT2D eigenvalue weighted by atomic mass is 10.1. The SMILES string of the molecule is [2H]C([2H])(OP1(=O)OCc2cccc(OC)c2O1)[C@@]1(F)O[C@@]([2H])(n2cc(C=O)c(=O)[nH]c2=S)[C@H](O)[C@@H]1O. The Morgan fingerprint density at radius 3 is 3.00 bits per heavy atom. The van der Waals surface area contributed by atoms with Gasteiger partial charge in [0, 0.05) is 11.8 Å². The molecule has 5 atom stereocenters. The summed E-state index contributed by atoms with van der Waals surface area (Å²) in [4.78, 5) is 24.9. The van der Waals surface area contributed by atoms with Crippen LogP contribution in [-0.2, 0) is 25.0 Å². The van der Waals surface area contributed by atoms with E-state index < -0.39 is 61.1 Å². The number of phosphoric ester groups is 1. The molecule has 0 amide bonds. The fourth-order valence-electron chi connectivity index (χ4n) is 3.01. The number of H-pyrrole nitrogens is 1. The number of hydrogen-bond donors (Lipinski definition) is 3. The Hall–Kier alpha value is -2.45. The number of aromatic amines is 1. The standard InChI is InChI=1S/C18H18FN2O10PS/c1-27-11-4-2-3-9-7-28-32(26,31-13(9)11)29-8-18(19)14(24)12(23)16(30-18)21-5-10(6-22)15(25)20-17(21)33/h2-6,12,14,16,23-24H,7-8H2,1H3,(H,20,25,33)/t12-,14+,16-,18-,32?/m1/s1/i8D2,16D. The van der Waals surface area contributed by atoms with Crippen molar-refractivity contribution in [2.75, 3.05) is 13.7 Å². The van der Waals surface area contributed by atoms with Gasteiger partial charge in [0.25, 0.3) is 11.4 Å². The normalized spacial score (nSPS) is 35.0. The van der Waals surface area contributed by atoms with Crippen LogP contribution in [0.1, 0.15) is 26.2 Å². The molecule has 0 spiro atoms. The molecule has 3 N–H and O–H groups in total. The number of nitrogens with one attached hydrogen (secondary N) is 1. The molecule has 33 heavy (non-hydrogen) atoms. The number of aliphatic hydroxyl groups excluding tert-OH is 2. The molecule has 1 unspecified atom stereocenters. The number of ether oxygens (including phenoxy) is 2. The lowest BCUT2D eigenvalue weighted by Gasteiger charge is -2.29. The highest BCUT2D eigenvalue weighted by Crippen LogP contribution is 2.57. The maximum absolute atomic E-state index is 16.0. The summed E-state index contributed by atoms with van der Waals surface area (Å²) in [5.41, 5.74) is -1.21. The van der Waals surface area contributed by atoms with E-state index in [0.29, 0.717) is 16.3 Å². The summed E-state index contributed by atoms with van der Waals surface area (Å²) in [5.74, 6) is -4.11. The van der Waals surface area contributed by atoms with Gasteiger partial charge in [-0.2, -0.15) is 0 Å². The lowest BCUT2D eigenvalue weighted by Crippen LogP contribution is -2.43. The minimum Gasteiger partial charge on any atom is -0.493 e. The first-order chi connectivity index (χ1) is 16.7. The van der Waals surface area contributed by atoms with Gasteiger partial charge < -0.3 is 24.2 Å². The van der Waals surface area contributed by atoms with Gasteiger partial charge in [0.2, 0.25) is 0 Å². The number of phosphoric acid groups is 1. The Balaban J connectivity index is 1.70. The van der Waals surface area contributed by atoms with Crippen molar-refractivity contribution in [1.29, 1.82) is 0 Å². The van der Waals surface area contributed by atoms with Gasteiger partial charge in [-0.3, -0.25) is 28.2 Å². The lowest BCUT2D eigenvalue weighted by molar-refractivity contribution is -0.205. The van der Waals surface area contributed by atoms with Crippen LogP contribution in [0.4, 0.5) is 4.39 Å². The van der Waals surface area contributed by atoms with Gasteiger partial charge in [0.15, 0.2) is 28.8 Å². The number of hydrogen-bond acceptors (Lipinski definition) is 11. The quantitative estimate of drug-likeness (QED) is 0.295. The smallest absolute Gasteiger partial charge is 0.493 e. The van der Waals surface area contributed by atoms with Crippen molar-refractivity contribution >= 4 is 26.3 Å². The van der Waals surface area contributed by atoms with E-state index in [2.05, 4.69) is 0 Å². The third kappa shape index (κ3) is 4.26. The van der Waals surface area contributed by atoms with E-state index in [1.165, 1.54) is 19.2 Å². The van der Waals surface area contributed by atoms with E-state index in [-0.39, 0.29) is 17.8 Å². The number of para-hydroxylation sites is 1. The van der Waals surface area contributed by atoms with Crippen LogP contribution >= 0.6 is 20.0 Å². The van der Waals surface area contributed by atoms with E-state index in [4.69, 9.17) is 39.4 Å². The average Bonchev–Trinajstić information content (AvgIpc) is 2.99. The summed E-state index contributed by atoms with van der Waals surface area (Å²) in [6.07, 6.45) is -7.79. The number of methoxy groups -OCH3 is 1. The van der Waals surface area contributed by atoms with Crippen LogP contribution in [-0.4, -0.2) is 57.8 Å². The van der Waals surface area contributed by atoms with Crippen LogP contribution in [0.25, 0.3) is 0 Å². The Bertz CT molecular complexity index is 1380. The van der Waals surface area contributed by atoms with E-state index >= 15 is 4.39 Å². The summed E-state index contributed by atoms with van der Waals surface area (Å²) in [5, 5.41) is 20.9. The number of aliphatic hydroxyl groups is 2. The highest BCUT2D eigenvalue weighted by atomic mass is 32.1. The number of rotatable bonds is 6. The van der Waals surface area contributed by atoms with Crippen molar-refractivity contribution in [3.63, 3.8) is 0 Å². The summed E-state index contributed by atoms with van der Waals surface area (Å²) in [6, 6.07) is 4.55. The monoisotopic (exact) mass is 507 g/mol. The van der Waals surface area contributed by atoms with Crippen LogP contribution in [0.3, 0.4) is 0 Å². The molecule has 0 saturated carbocycles. The molecular formula is C18H18FN2O10PS. The van der Waals surface area contributed by atoms with E-state index in [9.17, 15) is 24.4 Å². The molecule has 178 valence electrons. The van der Waals surface area contributed by atoms with Crippen LogP contribution < -0.4 is 14.8 Å². The predicted molar refractivity (Wildman–Crippen MR) is 109 cm³/mol. The maximum atomic E-state index is 16.0. The zero-order valence-corrected chi connectivity index (χ0v) is 18.3. The zero-order chi connectivity index (χ0) is 26.7. The Morgan fingerprint density at radius 2 is 2.30 bits per heavy atom. The van der Waals surface area contributed by atoms with Crippen molar-refractivity contribution in [2.45, 2.75) is 30.9 Å². The number of fused-ring (bicyclic) bond motifs is 1. The van der Waals surface area contributed by atoms with Crippen molar-refractivity contribution in [1.82, 2.24) is 9.55 Å². The summed E-state index contributed by atoms with van der Waals surface area (Å²) < 4.78 is 78.2. The first-order valence-electron chi connectivity index (χ1n) is 10.6. The minimum absolute atomic E-state index is 0.0752. The number of carbonyl (C=O) groups is 1. The molecule has 0 aliphatic carbocycles. The number of carbonyl (C=O) groups excluding carboxylic acids is 1. The molecule has 2 aromatic rings. The highest BCUT2D eigenvalue weighted by molar-refractivity contribution is 7.71. The fourth-order valence-corrected chi connectivity index (χ4v) is 4.35. The number of alkyl halides is 1. The molecule has 1 saturated heterocycles. The van der Waals surface area contributed by atoms with E-state index in [0.717, 1.165) is 0 Å². The summed E-state index contributed by atoms with van der Waals surface area (Å²) in [6.45, 7) is -4.29. The molecule has 0 bridgehead atoms. The minimum atomic E-state index is -4.94. The summed E-state index contributed by atoms with van der Waals surface area (Å²) in [7, 11) is -3.66. The number of halogens is 1. The van der Waals surface area contributed by atoms with Crippen LogP contribution in [0.5, 0.6) is 11.5 Å². The zero-order valence-electron chi connectivity index (χ0n) is 19.6. The fraction of sp³-hybridized carbons (Fsp3) is 0.389. The number of aldehydes is 1. The largest absolute Gasteiger partial charge is 0.530 e. The number of aromatic nitrogens is 2. The molecular weight excluding hydrogens is 486 g/mol. The molecule has 2 aliphatic rings. The molecule has 1 aromatic heterocycles. The van der Waals surface area contributed by atoms with Gasteiger partial charge >= 0.3 is 7.82 Å². The second-order valence-corrected chi connectivity index (χ2v) is 8.66. The van der Waals surface area contributed by atoms with Gasteiger partial charge in [-0.05, 0) is 18.3 Å². The molecule has 0 radical (unpaired) electrons. The highest BCUT2D eigenvalue weighted by Gasteiger charge is 2.57. The first kappa shape index (κ1) is 20.0. The van der Waals surface area contributed by atoms with Crippen molar-refractivity contribution in [2.24, 2.45) is 0 Å². The summed E-state index contributed by atoms with van der Waals surface area (Å²) >= 11 is 4.88. The van der Waals surface area contributed by atoms with Crippen LogP contribution in [0.15, 0.2) is 29.2 Å². The Morgan fingerprint density at radius 1 is 1.55 bits per heavy atom. The van der Waals surface area contributed by atoms with Crippen molar-refractivity contribution in [3.8, 4) is 11.5 Å². The predicted octanol–water partition coefficient (Wildman–Crippen LogP) is 1.38. The molecule has 2 aliphatic heterocycles. The molecule has 15 heteroatoms. The molecule has 12 nitrogen and oxygen atoms in total. The molecule has 4 rings (SSSR count). The average molecular weight is 507 g/mol. The number of nitrogens with zero attached hydrogens (tertiary/aromatic N) is 1. The Kier molecular flexibility index (Phi) is 5.28. The Labute approximate surface area is 194 Å². The van der Waals surface area contributed by atoms with Gasteiger partial charge in [0.1, 0.15) is 18.8 Å². The second-order valence-electron chi connectivity index (χ2n) is 6.76. The third-order valence-electron chi connectivity index (χ3n) is 4.68. The van der Waals surface area contributed by atoms with Gasteiger partial charge in [0.05, 0.1) is 23.4 Å². The van der Waals surface area contributed by atoms with Crippen LogP contribution in [0.2, 0.25) is 0 Å². The van der Waals surface area contributed by atoms with Gasteiger partial charge in [-0.15, -0.1) is 0 Å². The van der Waals surface area contributed by atoms with Crippen LogP contribution in [0, 0.1) is 4.77 Å². The van der Waals surface area contributed by atoms with Crippen molar-refractivity contribution in [3.05, 3.63) is 50.6 Å². The topological polar surface area (TPSA) is 159 Å². The third-order valence-corrected chi connectivity index (χ3v) is 6.14. The van der Waals surface area contributed by atoms with Crippen molar-refractivity contribution < 1.29 is 51.1 Å². The van der Waals surface area contributed by atoms with Gasteiger partial charge in [-0.25, -0.2) is 8.96 Å². The second kappa shape index (κ2) is 8.72. The molecule has 1 aromatic carbocycles. The first-order valence-corrected chi connectivity index (χ1v) is 11.0. The van der Waals surface area contributed by atoms with E-state index in [1.54, 1.807) is 6.07 Å². The number of benzene rings is 1. The van der Waals surface area contributed by atoms with E-state index in [1.807, 2.05) is 4.98 Å². The maximum Gasteiger partial charge on any atom is 0.530 e. The molecule has 1 fully saturated rings. The van der Waals surface area contributed by atoms with Gasteiger partial charge in [-0.1, -0.05) is 12.1 Å². The molecule has 3 heterocycles.